The minimum atomic E-state index is -1.15. The first-order valence-electron chi connectivity index (χ1n) is 38.7. The summed E-state index contributed by atoms with van der Waals surface area (Å²) in [6, 6.07) is 21.2. The predicted octanol–water partition coefficient (Wildman–Crippen LogP) is 9.95. The lowest BCUT2D eigenvalue weighted by atomic mass is 9.86. The first-order chi connectivity index (χ1) is 49.6. The second kappa shape index (κ2) is 49.8. The Morgan fingerprint density at radius 1 is 0.402 bits per heavy atom. The molecule has 102 heavy (non-hydrogen) atoms. The molecule has 0 saturated heterocycles. The molecule has 0 unspecified atom stereocenters. The van der Waals surface area contributed by atoms with Gasteiger partial charge >= 0.3 is 12.1 Å². The lowest BCUT2D eigenvalue weighted by Gasteiger charge is -2.28. The van der Waals surface area contributed by atoms with Crippen molar-refractivity contribution in [3.63, 3.8) is 0 Å². The fraction of sp³-hybridized carbons (Fsp3) is 0.650. The molecule has 3 aromatic rings. The Bertz CT molecular complexity index is 2970. The van der Waals surface area contributed by atoms with E-state index in [1.54, 1.807) is 38.1 Å². The van der Waals surface area contributed by atoms with Gasteiger partial charge in [-0.1, -0.05) is 194 Å². The lowest BCUT2D eigenvalue weighted by molar-refractivity contribution is -0.130. The third kappa shape index (κ3) is 35.9. The van der Waals surface area contributed by atoms with Crippen molar-refractivity contribution in [1.29, 1.82) is 0 Å². The number of ether oxygens (including phenoxy) is 2. The van der Waals surface area contributed by atoms with Crippen LogP contribution < -0.4 is 42.5 Å². The second-order valence-corrected chi connectivity index (χ2v) is 28.5. The largest absolute Gasteiger partial charge is 0.454 e. The number of carbonyl (C=O) groups is 10. The van der Waals surface area contributed by atoms with Crippen molar-refractivity contribution in [3.05, 3.63) is 107 Å². The van der Waals surface area contributed by atoms with E-state index in [9.17, 15) is 47.9 Å². The van der Waals surface area contributed by atoms with Gasteiger partial charge < -0.3 is 52.0 Å². The SMILES string of the molecule is Cc1cccc(C)c1C(=O)OCC(=O)[C@@H](CCCCNC(=O)CCC(=O)NCCNC(=O)CCN(CCNC(=O)CCC1CCCCCC1)CCN(CCNC(=O)CCC1CCCCCCC1)CCNC(=O)CCC1CCCCC1)NC(=O)[C@@H](Cc1ccccc1)NC(=O)OCc1ccccc1. The smallest absolute Gasteiger partial charge is 0.408 e. The molecule has 0 bridgehead atoms. The van der Waals surface area contributed by atoms with Crippen LogP contribution in [0.1, 0.15) is 225 Å². The van der Waals surface area contributed by atoms with Crippen LogP contribution in [-0.2, 0) is 60.9 Å². The summed E-state index contributed by atoms with van der Waals surface area (Å²) in [5, 5.41) is 23.4. The molecule has 0 aliphatic heterocycles. The third-order valence-corrected chi connectivity index (χ3v) is 20.3. The summed E-state index contributed by atoms with van der Waals surface area (Å²) >= 11 is 0. The van der Waals surface area contributed by atoms with Crippen LogP contribution in [0.2, 0.25) is 0 Å². The number of aryl methyl sites for hydroxylation is 2. The monoisotopic (exact) mass is 1410 g/mol. The van der Waals surface area contributed by atoms with Crippen LogP contribution in [0.15, 0.2) is 78.9 Å². The summed E-state index contributed by atoms with van der Waals surface area (Å²) in [5.41, 5.74) is 3.20. The Hall–Kier alpha value is -7.72. The number of benzene rings is 3. The number of carbonyl (C=O) groups excluding carboxylic acids is 10. The van der Waals surface area contributed by atoms with E-state index >= 15 is 0 Å². The van der Waals surface area contributed by atoms with Gasteiger partial charge in [-0.15, -0.1) is 0 Å². The summed E-state index contributed by atoms with van der Waals surface area (Å²) < 4.78 is 11.0. The lowest BCUT2D eigenvalue weighted by Crippen LogP contribution is -2.53. The average molecular weight is 1420 g/mol. The van der Waals surface area contributed by atoms with Crippen LogP contribution in [0.3, 0.4) is 0 Å². The highest BCUT2D eigenvalue weighted by Crippen LogP contribution is 2.29. The fourth-order valence-electron chi connectivity index (χ4n) is 14.1. The normalized spacial score (nSPS) is 15.3. The van der Waals surface area contributed by atoms with Crippen molar-refractivity contribution in [3.8, 4) is 0 Å². The molecule has 22 nitrogen and oxygen atoms in total. The zero-order valence-corrected chi connectivity index (χ0v) is 61.5. The van der Waals surface area contributed by atoms with Gasteiger partial charge in [0.1, 0.15) is 12.6 Å². The molecule has 564 valence electrons. The van der Waals surface area contributed by atoms with Gasteiger partial charge in [0.15, 0.2) is 12.4 Å². The number of unbranched alkanes of at least 4 members (excludes halogenated alkanes) is 1. The molecule has 8 N–H and O–H groups in total. The molecule has 0 radical (unpaired) electrons. The number of Topliss-reactive ketones (excluding diaryl/α,β-unsaturated/α-hetero) is 1. The van der Waals surface area contributed by atoms with Crippen LogP contribution >= 0.6 is 0 Å². The quantitative estimate of drug-likeness (QED) is 0.0148. The maximum atomic E-state index is 14.1. The van der Waals surface area contributed by atoms with Gasteiger partial charge in [0.2, 0.25) is 41.4 Å². The fourth-order valence-corrected chi connectivity index (χ4v) is 14.1. The Labute approximate surface area is 607 Å². The molecule has 3 aliphatic rings. The summed E-state index contributed by atoms with van der Waals surface area (Å²) in [4.78, 5) is 137. The Morgan fingerprint density at radius 3 is 1.30 bits per heavy atom. The van der Waals surface area contributed by atoms with Crippen molar-refractivity contribution in [2.75, 3.05) is 85.1 Å². The van der Waals surface area contributed by atoms with E-state index in [0.29, 0.717) is 125 Å². The highest BCUT2D eigenvalue weighted by Gasteiger charge is 2.29. The van der Waals surface area contributed by atoms with E-state index in [4.69, 9.17) is 9.47 Å². The van der Waals surface area contributed by atoms with Crippen LogP contribution in [-0.4, -0.2) is 166 Å². The van der Waals surface area contributed by atoms with Crippen molar-refractivity contribution in [1.82, 2.24) is 52.3 Å². The molecule has 0 aromatic heterocycles. The summed E-state index contributed by atoms with van der Waals surface area (Å²) in [5.74, 6) is -0.839. The van der Waals surface area contributed by atoms with E-state index in [1.807, 2.05) is 54.6 Å². The van der Waals surface area contributed by atoms with Crippen LogP contribution in [0.4, 0.5) is 4.79 Å². The molecule has 3 aliphatic carbocycles. The zero-order chi connectivity index (χ0) is 72.8. The van der Waals surface area contributed by atoms with Crippen molar-refractivity contribution in [2.24, 2.45) is 17.8 Å². The minimum absolute atomic E-state index is 0.0312. The molecule has 3 saturated carbocycles. The zero-order valence-electron chi connectivity index (χ0n) is 61.5. The standard InChI is InChI=1S/C80H122N10O12/c1-61-24-23-25-62(2)77(61)79(99)101-60-70(91)68(87-78(98)69(58-66-32-17-9-18-33-66)88-80(100)102-59-67-34-19-10-20-35-67)36-21-22-46-81-74(95)43-44-75(96)82-47-48-83-76(97)45-52-89(53-49-84-71(92)40-38-64-28-13-6-7-14-29-64)56-57-90(55-51-86-73(94)42-39-65-30-15-8-16-31-65)54-50-85-72(93)41-37-63-26-11-4-3-5-12-27-63/h9-10,17-20,23-25,32-35,63-65,68-69H,3-8,11-16,21-22,26-31,36-60H2,1-2H3,(H,81,95)(H,82,96)(H,83,97)(H,84,92)(H,85,93)(H,86,94)(H,87,98)(H,88,100)/t68-,69-/m1/s1. The van der Waals surface area contributed by atoms with E-state index in [0.717, 1.165) is 30.4 Å². The van der Waals surface area contributed by atoms with E-state index in [-0.39, 0.29) is 93.8 Å². The van der Waals surface area contributed by atoms with Crippen molar-refractivity contribution in [2.45, 2.75) is 232 Å². The molecular weight excluding hydrogens is 1290 g/mol. The predicted molar refractivity (Wildman–Crippen MR) is 397 cm³/mol. The molecule has 3 fully saturated rings. The summed E-state index contributed by atoms with van der Waals surface area (Å²) in [6.45, 7) is 8.14. The van der Waals surface area contributed by atoms with Crippen molar-refractivity contribution >= 4 is 59.2 Å². The maximum absolute atomic E-state index is 14.1. The van der Waals surface area contributed by atoms with Gasteiger partial charge in [0.25, 0.3) is 0 Å². The number of ketones is 1. The number of alkyl carbamates (subject to hydrolysis) is 1. The first-order valence-corrected chi connectivity index (χ1v) is 38.7. The number of nitrogens with zero attached hydrogens (tertiary/aromatic N) is 2. The highest BCUT2D eigenvalue weighted by molar-refractivity contribution is 5.97. The second-order valence-electron chi connectivity index (χ2n) is 28.5. The van der Waals surface area contributed by atoms with E-state index in [2.05, 4.69) is 52.3 Å². The number of nitrogens with one attached hydrogen (secondary N) is 8. The summed E-state index contributed by atoms with van der Waals surface area (Å²) in [7, 11) is 0. The number of amides is 8. The van der Waals surface area contributed by atoms with Crippen LogP contribution in [0, 0.1) is 31.6 Å². The maximum Gasteiger partial charge on any atom is 0.408 e. The topological polar surface area (TPSA) is 292 Å². The van der Waals surface area contributed by atoms with Gasteiger partial charge in [0.05, 0.1) is 11.6 Å². The van der Waals surface area contributed by atoms with Gasteiger partial charge in [-0.25, -0.2) is 9.59 Å². The number of hydrogen-bond acceptors (Lipinski definition) is 14. The van der Waals surface area contributed by atoms with Gasteiger partial charge in [-0.05, 0) is 92.4 Å². The van der Waals surface area contributed by atoms with Crippen molar-refractivity contribution < 1.29 is 57.4 Å². The molecule has 0 heterocycles. The first kappa shape index (κ1) is 83.2. The van der Waals surface area contributed by atoms with Gasteiger partial charge in [-0.2, -0.15) is 0 Å². The molecular formula is C80H122N10O12. The molecule has 8 amide bonds. The van der Waals surface area contributed by atoms with Gasteiger partial charge in [0, 0.05) is 123 Å². The molecule has 3 aromatic carbocycles. The van der Waals surface area contributed by atoms with Gasteiger partial charge in [-0.3, -0.25) is 48.2 Å². The van der Waals surface area contributed by atoms with E-state index < -0.39 is 42.4 Å². The van der Waals surface area contributed by atoms with Crippen LogP contribution in [0.5, 0.6) is 0 Å². The van der Waals surface area contributed by atoms with E-state index in [1.165, 1.54) is 116 Å². The Balaban J connectivity index is 0.945. The number of hydrogen-bond donors (Lipinski definition) is 8. The number of rotatable bonds is 46. The minimum Gasteiger partial charge on any atom is -0.454 e. The third-order valence-electron chi connectivity index (χ3n) is 20.3. The van der Waals surface area contributed by atoms with Crippen LogP contribution in [0.25, 0.3) is 0 Å². The molecule has 0 spiro atoms. The Kier molecular flexibility index (Phi) is 40.6. The molecule has 2 atom stereocenters. The average Bonchev–Trinajstić information content (AvgIpc) is 0.884. The Morgan fingerprint density at radius 2 is 0.814 bits per heavy atom. The number of esters is 1. The highest BCUT2D eigenvalue weighted by atomic mass is 16.5. The molecule has 22 heteroatoms. The summed E-state index contributed by atoms with van der Waals surface area (Å²) in [6.07, 6.45) is 26.7. The molecule has 6 rings (SSSR count).